The fourth-order valence-electron chi connectivity index (χ4n) is 2.62. The maximum absolute atomic E-state index is 2.39. The molecule has 2 unspecified atom stereocenters. The van der Waals surface area contributed by atoms with E-state index in [1.54, 1.807) is 0 Å². The van der Waals surface area contributed by atoms with E-state index in [1.165, 1.54) is 42.2 Å². The van der Waals surface area contributed by atoms with Crippen LogP contribution in [0.25, 0.3) is 0 Å². The van der Waals surface area contributed by atoms with E-state index in [1.807, 2.05) is 0 Å². The normalized spacial score (nSPS) is 29.0. The summed E-state index contributed by atoms with van der Waals surface area (Å²) < 4.78 is 0. The first-order valence-corrected chi connectivity index (χ1v) is 8.24. The van der Waals surface area contributed by atoms with Crippen molar-refractivity contribution < 1.29 is 0 Å². The molecule has 1 aliphatic heterocycles. The molecule has 72 valence electrons. The molecule has 2 atom stereocenters. The molecule has 0 aliphatic carbocycles. The SMILES string of the molecule is CCC1(CC)PPC1(CC)CC. The second-order valence-electron chi connectivity index (χ2n) is 3.83. The van der Waals surface area contributed by atoms with Crippen LogP contribution in [0, 0.1) is 0 Å². The summed E-state index contributed by atoms with van der Waals surface area (Å²) in [5.41, 5.74) is 0. The fraction of sp³-hybridized carbons (Fsp3) is 1.00. The van der Waals surface area contributed by atoms with Gasteiger partial charge >= 0.3 is 0 Å². The van der Waals surface area contributed by atoms with E-state index in [4.69, 9.17) is 0 Å². The van der Waals surface area contributed by atoms with Crippen LogP contribution in [-0.4, -0.2) is 10.3 Å². The Bertz CT molecular complexity index is 117. The molecular formula is C10H22P2. The third-order valence-electron chi connectivity index (χ3n) is 3.87. The molecule has 0 N–H and O–H groups in total. The van der Waals surface area contributed by atoms with E-state index in [2.05, 4.69) is 27.7 Å². The fourth-order valence-corrected chi connectivity index (χ4v) is 9.49. The topological polar surface area (TPSA) is 0 Å². The molecule has 0 bridgehead atoms. The summed E-state index contributed by atoms with van der Waals surface area (Å²) in [5, 5.41) is 1.52. The Balaban J connectivity index is 2.77. The van der Waals surface area contributed by atoms with Crippen molar-refractivity contribution in [3.8, 4) is 0 Å². The molecule has 2 heteroatoms. The zero-order chi connectivity index (χ0) is 9.24. The van der Waals surface area contributed by atoms with Gasteiger partial charge in [0.2, 0.25) is 0 Å². The summed E-state index contributed by atoms with van der Waals surface area (Å²) in [6.45, 7) is 9.56. The Hall–Kier alpha value is 0.860. The monoisotopic (exact) mass is 204 g/mol. The molecule has 1 fully saturated rings. The second kappa shape index (κ2) is 3.93. The van der Waals surface area contributed by atoms with Crippen molar-refractivity contribution in [3.63, 3.8) is 0 Å². The van der Waals surface area contributed by atoms with Gasteiger partial charge in [-0.2, -0.15) is 0 Å². The van der Waals surface area contributed by atoms with E-state index in [0.29, 0.717) is 0 Å². The summed E-state index contributed by atoms with van der Waals surface area (Å²) in [7, 11) is 2.55. The summed E-state index contributed by atoms with van der Waals surface area (Å²) in [6, 6.07) is 0. The Morgan fingerprint density at radius 1 is 0.667 bits per heavy atom. The zero-order valence-electron chi connectivity index (χ0n) is 8.83. The van der Waals surface area contributed by atoms with Gasteiger partial charge in [-0.05, 0) is 25.7 Å². The second-order valence-corrected chi connectivity index (χ2v) is 7.74. The zero-order valence-corrected chi connectivity index (χ0v) is 10.8. The smallest absolute Gasteiger partial charge is 0.000560 e. The molecule has 1 rings (SSSR count). The first kappa shape index (κ1) is 10.9. The van der Waals surface area contributed by atoms with E-state index in [-0.39, 0.29) is 0 Å². The Kier molecular flexibility index (Phi) is 3.58. The quantitative estimate of drug-likeness (QED) is 0.596. The van der Waals surface area contributed by atoms with Crippen LogP contribution in [0.3, 0.4) is 0 Å². The first-order valence-electron chi connectivity index (χ1n) is 5.24. The summed E-state index contributed by atoms with van der Waals surface area (Å²) in [6.07, 6.45) is 5.65. The lowest BCUT2D eigenvalue weighted by Gasteiger charge is -2.59. The summed E-state index contributed by atoms with van der Waals surface area (Å²) >= 11 is 0. The van der Waals surface area contributed by atoms with Gasteiger partial charge in [0, 0.05) is 10.3 Å². The van der Waals surface area contributed by atoms with E-state index in [0.717, 1.165) is 10.3 Å². The molecule has 0 aromatic carbocycles. The number of hydrogen-bond donors (Lipinski definition) is 0. The van der Waals surface area contributed by atoms with Crippen LogP contribution in [-0.2, 0) is 0 Å². The van der Waals surface area contributed by atoms with E-state index < -0.39 is 0 Å². The average molecular weight is 204 g/mol. The van der Waals surface area contributed by atoms with Crippen molar-refractivity contribution in [2.45, 2.75) is 63.7 Å². The third-order valence-corrected chi connectivity index (χ3v) is 10.8. The Morgan fingerprint density at radius 2 is 0.917 bits per heavy atom. The minimum Gasteiger partial charge on any atom is -0.0914 e. The molecule has 0 radical (unpaired) electrons. The Morgan fingerprint density at radius 3 is 1.00 bits per heavy atom. The molecule has 0 nitrogen and oxygen atoms in total. The maximum Gasteiger partial charge on any atom is 0.000560 e. The van der Waals surface area contributed by atoms with Crippen molar-refractivity contribution >= 4 is 16.5 Å². The summed E-state index contributed by atoms with van der Waals surface area (Å²) in [5.74, 6) is 0. The molecule has 0 aromatic heterocycles. The molecule has 0 saturated carbocycles. The van der Waals surface area contributed by atoms with Crippen LogP contribution in [0.4, 0.5) is 0 Å². The van der Waals surface area contributed by atoms with Gasteiger partial charge in [0.25, 0.3) is 0 Å². The van der Waals surface area contributed by atoms with Gasteiger partial charge in [-0.25, -0.2) is 0 Å². The van der Waals surface area contributed by atoms with Crippen LogP contribution in [0.15, 0.2) is 0 Å². The lowest BCUT2D eigenvalue weighted by Crippen LogP contribution is -2.51. The van der Waals surface area contributed by atoms with Gasteiger partial charge in [0.05, 0.1) is 0 Å². The number of rotatable bonds is 4. The van der Waals surface area contributed by atoms with Gasteiger partial charge in [-0.1, -0.05) is 44.2 Å². The van der Waals surface area contributed by atoms with Crippen molar-refractivity contribution in [2.24, 2.45) is 0 Å². The third kappa shape index (κ3) is 1.27. The van der Waals surface area contributed by atoms with Crippen molar-refractivity contribution in [1.29, 1.82) is 0 Å². The van der Waals surface area contributed by atoms with Crippen molar-refractivity contribution in [2.75, 3.05) is 0 Å². The minimum absolute atomic E-state index is 0.759. The largest absolute Gasteiger partial charge is 0.0914 e. The molecule has 1 heterocycles. The van der Waals surface area contributed by atoms with E-state index >= 15 is 0 Å². The van der Waals surface area contributed by atoms with Crippen LogP contribution in [0.1, 0.15) is 53.4 Å². The van der Waals surface area contributed by atoms with Crippen molar-refractivity contribution in [1.82, 2.24) is 0 Å². The van der Waals surface area contributed by atoms with Crippen LogP contribution in [0.2, 0.25) is 0 Å². The molecule has 12 heavy (non-hydrogen) atoms. The van der Waals surface area contributed by atoms with E-state index in [9.17, 15) is 0 Å². The van der Waals surface area contributed by atoms with Crippen LogP contribution < -0.4 is 0 Å². The highest BCUT2D eigenvalue weighted by atomic mass is 32.0. The Labute approximate surface area is 80.7 Å². The molecule has 1 saturated heterocycles. The highest BCUT2D eigenvalue weighted by molar-refractivity contribution is 8.17. The molecular weight excluding hydrogens is 182 g/mol. The number of hydrogen-bond acceptors (Lipinski definition) is 0. The lowest BCUT2D eigenvalue weighted by molar-refractivity contribution is 0.360. The maximum atomic E-state index is 2.39. The highest BCUT2D eigenvalue weighted by Crippen LogP contribution is 2.78. The predicted octanol–water partition coefficient (Wildman–Crippen LogP) is 4.39. The molecule has 1 aliphatic rings. The lowest BCUT2D eigenvalue weighted by atomic mass is 9.81. The summed E-state index contributed by atoms with van der Waals surface area (Å²) in [4.78, 5) is 0. The van der Waals surface area contributed by atoms with Crippen molar-refractivity contribution in [3.05, 3.63) is 0 Å². The molecule has 0 amide bonds. The van der Waals surface area contributed by atoms with Gasteiger partial charge in [0.15, 0.2) is 0 Å². The average Bonchev–Trinajstić information content (AvgIpc) is 2.08. The van der Waals surface area contributed by atoms with Crippen LogP contribution >= 0.6 is 16.5 Å². The highest BCUT2D eigenvalue weighted by Gasteiger charge is 2.54. The molecule has 0 aromatic rings. The minimum atomic E-state index is 0.759. The predicted molar refractivity (Wildman–Crippen MR) is 63.3 cm³/mol. The molecule has 0 spiro atoms. The van der Waals surface area contributed by atoms with Gasteiger partial charge in [-0.15, -0.1) is 0 Å². The first-order chi connectivity index (χ1) is 5.70. The standard InChI is InChI=1S/C10H22P2/c1-5-9(6-2)10(7-3,8-4)12-11-9/h11-12H,5-8H2,1-4H3. The van der Waals surface area contributed by atoms with Gasteiger partial charge in [-0.3, -0.25) is 0 Å². The van der Waals surface area contributed by atoms with Gasteiger partial charge in [0.1, 0.15) is 0 Å². The van der Waals surface area contributed by atoms with Crippen LogP contribution in [0.5, 0.6) is 0 Å². The van der Waals surface area contributed by atoms with Gasteiger partial charge < -0.3 is 0 Å².